The fourth-order valence-corrected chi connectivity index (χ4v) is 2.64. The van der Waals surface area contributed by atoms with Crippen molar-refractivity contribution in [3.05, 3.63) is 71.4 Å². The lowest BCUT2D eigenvalue weighted by molar-refractivity contribution is -0.136. The van der Waals surface area contributed by atoms with Gasteiger partial charge in [-0.3, -0.25) is 4.79 Å². The minimum absolute atomic E-state index is 0.0148. The van der Waals surface area contributed by atoms with Gasteiger partial charge in [-0.25, -0.2) is 0 Å². The van der Waals surface area contributed by atoms with E-state index < -0.39 is 5.97 Å². The van der Waals surface area contributed by atoms with Gasteiger partial charge in [0.25, 0.3) is 0 Å². The average Bonchev–Trinajstić information content (AvgIpc) is 2.86. The van der Waals surface area contributed by atoms with Gasteiger partial charge in [-0.2, -0.15) is 5.26 Å². The molecule has 0 aliphatic rings. The molecule has 0 spiro atoms. The van der Waals surface area contributed by atoms with Crippen molar-refractivity contribution in [1.29, 1.82) is 5.26 Å². The SMILES string of the molecule is N#Cc1ccc(Cn2cc(CC(=O)O)c3ccccc32)cc1. The van der Waals surface area contributed by atoms with Crippen LogP contribution in [-0.4, -0.2) is 15.6 Å². The molecule has 0 radical (unpaired) electrons. The second-order valence-electron chi connectivity index (χ2n) is 5.18. The van der Waals surface area contributed by atoms with Crippen LogP contribution < -0.4 is 0 Å². The van der Waals surface area contributed by atoms with E-state index in [1.54, 1.807) is 12.1 Å². The summed E-state index contributed by atoms with van der Waals surface area (Å²) in [6, 6.07) is 17.3. The van der Waals surface area contributed by atoms with E-state index in [1.165, 1.54) is 0 Å². The summed E-state index contributed by atoms with van der Waals surface area (Å²) in [5.41, 5.74) is 3.54. The molecule has 0 atom stereocenters. The number of carboxylic acid groups (broad SMARTS) is 1. The van der Waals surface area contributed by atoms with Crippen LogP contribution in [0.4, 0.5) is 0 Å². The molecule has 4 nitrogen and oxygen atoms in total. The second-order valence-corrected chi connectivity index (χ2v) is 5.18. The molecule has 22 heavy (non-hydrogen) atoms. The van der Waals surface area contributed by atoms with E-state index in [0.29, 0.717) is 12.1 Å². The highest BCUT2D eigenvalue weighted by Gasteiger charge is 2.11. The number of benzene rings is 2. The third-order valence-electron chi connectivity index (χ3n) is 3.65. The molecule has 1 heterocycles. The summed E-state index contributed by atoms with van der Waals surface area (Å²) in [5, 5.41) is 18.9. The lowest BCUT2D eigenvalue weighted by Crippen LogP contribution is -2.00. The Hall–Kier alpha value is -3.06. The first kappa shape index (κ1) is 13.9. The maximum atomic E-state index is 11.0. The normalized spacial score (nSPS) is 10.5. The van der Waals surface area contributed by atoms with Gasteiger partial charge in [-0.15, -0.1) is 0 Å². The van der Waals surface area contributed by atoms with E-state index in [2.05, 4.69) is 10.6 Å². The minimum Gasteiger partial charge on any atom is -0.481 e. The summed E-state index contributed by atoms with van der Waals surface area (Å²) in [6.07, 6.45) is 1.91. The van der Waals surface area contributed by atoms with Gasteiger partial charge in [0.1, 0.15) is 0 Å². The lowest BCUT2D eigenvalue weighted by Gasteiger charge is -2.05. The number of nitrogens with zero attached hydrogens (tertiary/aromatic N) is 2. The molecule has 1 aromatic heterocycles. The number of aliphatic carboxylic acids is 1. The number of nitriles is 1. The van der Waals surface area contributed by atoms with Gasteiger partial charge < -0.3 is 9.67 Å². The quantitative estimate of drug-likeness (QED) is 0.802. The Morgan fingerprint density at radius 3 is 2.55 bits per heavy atom. The molecule has 0 bridgehead atoms. The minimum atomic E-state index is -0.832. The molecule has 0 unspecified atom stereocenters. The summed E-state index contributed by atoms with van der Waals surface area (Å²) < 4.78 is 2.05. The van der Waals surface area contributed by atoms with Crippen molar-refractivity contribution in [2.45, 2.75) is 13.0 Å². The van der Waals surface area contributed by atoms with Crippen molar-refractivity contribution in [3.63, 3.8) is 0 Å². The van der Waals surface area contributed by atoms with Gasteiger partial charge in [0.2, 0.25) is 0 Å². The first-order valence-corrected chi connectivity index (χ1v) is 6.95. The third kappa shape index (κ3) is 2.70. The molecule has 0 fully saturated rings. The van der Waals surface area contributed by atoms with Gasteiger partial charge in [0.15, 0.2) is 0 Å². The van der Waals surface area contributed by atoms with Crippen molar-refractivity contribution in [2.75, 3.05) is 0 Å². The molecule has 0 amide bonds. The van der Waals surface area contributed by atoms with Gasteiger partial charge in [0.05, 0.1) is 18.1 Å². The standard InChI is InChI=1S/C18H14N2O2/c19-10-13-5-7-14(8-6-13)11-20-12-15(9-18(21)22)16-3-1-2-4-17(16)20/h1-8,12H,9,11H2,(H,21,22). The van der Waals surface area contributed by atoms with E-state index in [-0.39, 0.29) is 6.42 Å². The predicted octanol–water partition coefficient (Wildman–Crippen LogP) is 3.19. The van der Waals surface area contributed by atoms with Crippen LogP contribution in [-0.2, 0) is 17.8 Å². The van der Waals surface area contributed by atoms with Crippen LogP contribution >= 0.6 is 0 Å². The fourth-order valence-electron chi connectivity index (χ4n) is 2.64. The highest BCUT2D eigenvalue weighted by atomic mass is 16.4. The van der Waals surface area contributed by atoms with E-state index in [0.717, 1.165) is 22.0 Å². The zero-order valence-electron chi connectivity index (χ0n) is 11.9. The van der Waals surface area contributed by atoms with Gasteiger partial charge in [-0.1, -0.05) is 30.3 Å². The van der Waals surface area contributed by atoms with Crippen LogP contribution in [0.1, 0.15) is 16.7 Å². The number of rotatable bonds is 4. The lowest BCUT2D eigenvalue weighted by atomic mass is 10.1. The van der Waals surface area contributed by atoms with E-state index in [1.807, 2.05) is 42.6 Å². The number of hydrogen-bond donors (Lipinski definition) is 1. The molecule has 0 aliphatic carbocycles. The first-order chi connectivity index (χ1) is 10.7. The monoisotopic (exact) mass is 290 g/mol. The number of fused-ring (bicyclic) bond motifs is 1. The predicted molar refractivity (Wildman–Crippen MR) is 83.5 cm³/mol. The smallest absolute Gasteiger partial charge is 0.307 e. The van der Waals surface area contributed by atoms with Crippen LogP contribution in [0.25, 0.3) is 10.9 Å². The molecular formula is C18H14N2O2. The van der Waals surface area contributed by atoms with Gasteiger partial charge in [0, 0.05) is 23.6 Å². The van der Waals surface area contributed by atoms with Crippen molar-refractivity contribution in [1.82, 2.24) is 4.57 Å². The van der Waals surface area contributed by atoms with Gasteiger partial charge >= 0.3 is 5.97 Å². The van der Waals surface area contributed by atoms with Crippen LogP contribution in [0.3, 0.4) is 0 Å². The maximum absolute atomic E-state index is 11.0. The van der Waals surface area contributed by atoms with E-state index in [4.69, 9.17) is 10.4 Å². The van der Waals surface area contributed by atoms with Gasteiger partial charge in [-0.05, 0) is 29.3 Å². The van der Waals surface area contributed by atoms with Crippen LogP contribution in [0.2, 0.25) is 0 Å². The molecule has 0 saturated carbocycles. The molecule has 3 aromatic rings. The number of carboxylic acids is 1. The molecule has 4 heteroatoms. The van der Waals surface area contributed by atoms with Crippen molar-refractivity contribution in [3.8, 4) is 6.07 Å². The largest absolute Gasteiger partial charge is 0.481 e. The molecule has 108 valence electrons. The summed E-state index contributed by atoms with van der Waals surface area (Å²) in [6.45, 7) is 0.645. The highest BCUT2D eigenvalue weighted by molar-refractivity contribution is 5.87. The van der Waals surface area contributed by atoms with Crippen molar-refractivity contribution >= 4 is 16.9 Å². The zero-order valence-corrected chi connectivity index (χ0v) is 11.9. The van der Waals surface area contributed by atoms with E-state index >= 15 is 0 Å². The second kappa shape index (κ2) is 5.74. The molecule has 1 N–H and O–H groups in total. The third-order valence-corrected chi connectivity index (χ3v) is 3.65. The number of aromatic nitrogens is 1. The Bertz CT molecular complexity index is 870. The highest BCUT2D eigenvalue weighted by Crippen LogP contribution is 2.23. The molecular weight excluding hydrogens is 276 g/mol. The Labute approximate surface area is 127 Å². The zero-order chi connectivity index (χ0) is 15.5. The van der Waals surface area contributed by atoms with Crippen LogP contribution in [0, 0.1) is 11.3 Å². The molecule has 2 aromatic carbocycles. The Morgan fingerprint density at radius 1 is 1.14 bits per heavy atom. The Kier molecular flexibility index (Phi) is 3.63. The van der Waals surface area contributed by atoms with Crippen molar-refractivity contribution in [2.24, 2.45) is 0 Å². The fraction of sp³-hybridized carbons (Fsp3) is 0.111. The van der Waals surface area contributed by atoms with E-state index in [9.17, 15) is 4.79 Å². The number of para-hydroxylation sites is 1. The maximum Gasteiger partial charge on any atom is 0.307 e. The average molecular weight is 290 g/mol. The number of carbonyl (C=O) groups is 1. The van der Waals surface area contributed by atoms with Crippen molar-refractivity contribution < 1.29 is 9.90 Å². The topological polar surface area (TPSA) is 66.0 Å². The number of hydrogen-bond acceptors (Lipinski definition) is 2. The molecule has 3 rings (SSSR count). The first-order valence-electron chi connectivity index (χ1n) is 6.95. The summed E-state index contributed by atoms with van der Waals surface area (Å²) in [4.78, 5) is 11.0. The summed E-state index contributed by atoms with van der Waals surface area (Å²) >= 11 is 0. The Morgan fingerprint density at radius 2 is 1.86 bits per heavy atom. The van der Waals surface area contributed by atoms with Crippen LogP contribution in [0.5, 0.6) is 0 Å². The summed E-state index contributed by atoms with van der Waals surface area (Å²) in [7, 11) is 0. The summed E-state index contributed by atoms with van der Waals surface area (Å²) in [5.74, 6) is -0.832. The molecule has 0 saturated heterocycles. The van der Waals surface area contributed by atoms with Crippen LogP contribution in [0.15, 0.2) is 54.7 Å². The Balaban J connectivity index is 1.99. The molecule has 0 aliphatic heterocycles.